The summed E-state index contributed by atoms with van der Waals surface area (Å²) in [6.07, 6.45) is 1.60. The number of hydrogen-bond donors (Lipinski definition) is 1. The third kappa shape index (κ3) is 5.07. The molecule has 3 rings (SSSR count). The van der Waals surface area contributed by atoms with Crippen molar-refractivity contribution < 1.29 is 28.2 Å². The van der Waals surface area contributed by atoms with E-state index in [0.717, 1.165) is 11.6 Å². The molecule has 0 aromatic heterocycles. The number of ether oxygens (including phenoxy) is 3. The standard InChI is InChI=1S/C20H18FNO5/c1-13(27-19(23)8-6-14-3-2-4-16(21)9-14)20(24)22-11-15-5-7-17-18(10-15)26-12-25-17/h2-10,13H,11-12H2,1H3,(H,22,24). The molecule has 1 unspecified atom stereocenters. The zero-order valence-corrected chi connectivity index (χ0v) is 14.6. The summed E-state index contributed by atoms with van der Waals surface area (Å²) in [5, 5.41) is 2.69. The maximum absolute atomic E-state index is 13.1. The zero-order valence-electron chi connectivity index (χ0n) is 14.6. The van der Waals surface area contributed by atoms with Gasteiger partial charge < -0.3 is 19.5 Å². The van der Waals surface area contributed by atoms with Crippen molar-refractivity contribution in [3.05, 3.63) is 65.5 Å². The largest absolute Gasteiger partial charge is 0.454 e. The van der Waals surface area contributed by atoms with Gasteiger partial charge in [0, 0.05) is 12.6 Å². The van der Waals surface area contributed by atoms with Gasteiger partial charge in [0.1, 0.15) is 5.82 Å². The second-order valence-electron chi connectivity index (χ2n) is 5.87. The number of halogens is 1. The van der Waals surface area contributed by atoms with E-state index in [1.807, 2.05) is 6.07 Å². The molecule has 1 atom stereocenters. The molecule has 1 aliphatic rings. The molecule has 2 aromatic carbocycles. The molecule has 0 saturated heterocycles. The summed E-state index contributed by atoms with van der Waals surface area (Å²) in [6.45, 7) is 1.92. The minimum Gasteiger partial charge on any atom is -0.454 e. The minimum absolute atomic E-state index is 0.182. The van der Waals surface area contributed by atoms with Gasteiger partial charge in [0.25, 0.3) is 5.91 Å². The summed E-state index contributed by atoms with van der Waals surface area (Å²) in [5.41, 5.74) is 1.35. The smallest absolute Gasteiger partial charge is 0.331 e. The number of carbonyl (C=O) groups excluding carboxylic acids is 2. The first-order valence-corrected chi connectivity index (χ1v) is 8.32. The van der Waals surface area contributed by atoms with Crippen molar-refractivity contribution in [2.24, 2.45) is 0 Å². The maximum Gasteiger partial charge on any atom is 0.331 e. The number of nitrogens with one attached hydrogen (secondary N) is 1. The van der Waals surface area contributed by atoms with Crippen LogP contribution >= 0.6 is 0 Å². The highest BCUT2D eigenvalue weighted by Gasteiger charge is 2.17. The average Bonchev–Trinajstić information content (AvgIpc) is 3.12. The van der Waals surface area contributed by atoms with Crippen LogP contribution in [0.4, 0.5) is 4.39 Å². The normalized spacial score (nSPS) is 13.4. The third-order valence-corrected chi connectivity index (χ3v) is 3.83. The van der Waals surface area contributed by atoms with Gasteiger partial charge in [-0.3, -0.25) is 4.79 Å². The molecule has 0 saturated carbocycles. The summed E-state index contributed by atoms with van der Waals surface area (Å²) in [5.74, 6) is -0.229. The predicted octanol–water partition coefficient (Wildman–Crippen LogP) is 2.82. The van der Waals surface area contributed by atoms with E-state index < -0.39 is 23.8 Å². The van der Waals surface area contributed by atoms with E-state index in [9.17, 15) is 14.0 Å². The Bertz CT molecular complexity index is 880. The molecule has 1 heterocycles. The van der Waals surface area contributed by atoms with Crippen molar-refractivity contribution in [3.63, 3.8) is 0 Å². The second kappa shape index (κ2) is 8.35. The molecule has 140 valence electrons. The van der Waals surface area contributed by atoms with Crippen molar-refractivity contribution in [1.82, 2.24) is 5.32 Å². The first-order valence-electron chi connectivity index (χ1n) is 8.32. The van der Waals surface area contributed by atoms with E-state index in [4.69, 9.17) is 14.2 Å². The van der Waals surface area contributed by atoms with Crippen LogP contribution in [0.3, 0.4) is 0 Å². The third-order valence-electron chi connectivity index (χ3n) is 3.83. The molecule has 1 N–H and O–H groups in total. The predicted molar refractivity (Wildman–Crippen MR) is 95.4 cm³/mol. The molecule has 2 aromatic rings. The number of carbonyl (C=O) groups is 2. The van der Waals surface area contributed by atoms with E-state index in [2.05, 4.69) is 5.32 Å². The van der Waals surface area contributed by atoms with Gasteiger partial charge in [0.05, 0.1) is 0 Å². The Morgan fingerprint density at radius 1 is 1.22 bits per heavy atom. The molecule has 1 amide bonds. The summed E-state index contributed by atoms with van der Waals surface area (Å²) in [7, 11) is 0. The van der Waals surface area contributed by atoms with Crippen LogP contribution in [0.1, 0.15) is 18.1 Å². The number of esters is 1. The average molecular weight is 371 g/mol. The highest BCUT2D eigenvalue weighted by Crippen LogP contribution is 2.32. The van der Waals surface area contributed by atoms with Gasteiger partial charge in [-0.1, -0.05) is 18.2 Å². The van der Waals surface area contributed by atoms with Gasteiger partial charge in [-0.2, -0.15) is 0 Å². The molecule has 0 bridgehead atoms. The second-order valence-corrected chi connectivity index (χ2v) is 5.87. The number of fused-ring (bicyclic) bond motifs is 1. The highest BCUT2D eigenvalue weighted by molar-refractivity contribution is 5.90. The van der Waals surface area contributed by atoms with Gasteiger partial charge in [-0.15, -0.1) is 0 Å². The van der Waals surface area contributed by atoms with Crippen molar-refractivity contribution in [1.29, 1.82) is 0 Å². The molecular weight excluding hydrogens is 353 g/mol. The van der Waals surface area contributed by atoms with Crippen LogP contribution in [-0.4, -0.2) is 24.8 Å². The zero-order chi connectivity index (χ0) is 19.2. The molecule has 7 heteroatoms. The number of rotatable bonds is 6. The molecule has 6 nitrogen and oxygen atoms in total. The Labute approximate surface area is 155 Å². The highest BCUT2D eigenvalue weighted by atomic mass is 19.1. The van der Waals surface area contributed by atoms with Crippen LogP contribution in [0.25, 0.3) is 6.08 Å². The van der Waals surface area contributed by atoms with Crippen LogP contribution in [0.5, 0.6) is 11.5 Å². The van der Waals surface area contributed by atoms with Crippen molar-refractivity contribution in [2.75, 3.05) is 6.79 Å². The van der Waals surface area contributed by atoms with Crippen LogP contribution in [0, 0.1) is 5.82 Å². The molecule has 27 heavy (non-hydrogen) atoms. The topological polar surface area (TPSA) is 73.9 Å². The van der Waals surface area contributed by atoms with Crippen LogP contribution in [0.15, 0.2) is 48.5 Å². The first kappa shape index (κ1) is 18.4. The lowest BCUT2D eigenvalue weighted by Crippen LogP contribution is -2.35. The van der Waals surface area contributed by atoms with Gasteiger partial charge in [0.15, 0.2) is 17.6 Å². The van der Waals surface area contributed by atoms with E-state index in [1.165, 1.54) is 31.2 Å². The Kier molecular flexibility index (Phi) is 5.71. The Morgan fingerprint density at radius 2 is 2.04 bits per heavy atom. The summed E-state index contributed by atoms with van der Waals surface area (Å²) < 4.78 is 28.6. The van der Waals surface area contributed by atoms with Crippen LogP contribution in [0.2, 0.25) is 0 Å². The van der Waals surface area contributed by atoms with E-state index in [1.54, 1.807) is 18.2 Å². The fourth-order valence-electron chi connectivity index (χ4n) is 2.43. The van der Waals surface area contributed by atoms with Crippen LogP contribution < -0.4 is 14.8 Å². The van der Waals surface area contributed by atoms with Crippen molar-refractivity contribution in [3.8, 4) is 11.5 Å². The van der Waals surface area contributed by atoms with Gasteiger partial charge in [-0.25, -0.2) is 9.18 Å². The van der Waals surface area contributed by atoms with E-state index >= 15 is 0 Å². The lowest BCUT2D eigenvalue weighted by molar-refractivity contribution is -0.150. The molecule has 0 fully saturated rings. The number of amides is 1. The molecule has 0 aliphatic carbocycles. The Hall–Kier alpha value is -3.35. The van der Waals surface area contributed by atoms with Crippen LogP contribution in [-0.2, 0) is 20.9 Å². The Balaban J connectivity index is 1.47. The first-order chi connectivity index (χ1) is 13.0. The molecule has 0 radical (unpaired) electrons. The SMILES string of the molecule is CC(OC(=O)C=Cc1cccc(F)c1)C(=O)NCc1ccc2c(c1)OCO2. The Morgan fingerprint density at radius 3 is 2.85 bits per heavy atom. The lowest BCUT2D eigenvalue weighted by atomic mass is 10.2. The molecular formula is C20H18FNO5. The number of benzene rings is 2. The molecule has 0 spiro atoms. The lowest BCUT2D eigenvalue weighted by Gasteiger charge is -2.12. The summed E-state index contributed by atoms with van der Waals surface area (Å²) >= 11 is 0. The molecule has 1 aliphatic heterocycles. The van der Waals surface area contributed by atoms with E-state index in [-0.39, 0.29) is 13.3 Å². The van der Waals surface area contributed by atoms with Crippen molar-refractivity contribution in [2.45, 2.75) is 19.6 Å². The van der Waals surface area contributed by atoms with Gasteiger partial charge >= 0.3 is 5.97 Å². The minimum atomic E-state index is -0.969. The number of hydrogen-bond acceptors (Lipinski definition) is 5. The quantitative estimate of drug-likeness (QED) is 0.624. The monoisotopic (exact) mass is 371 g/mol. The maximum atomic E-state index is 13.1. The van der Waals surface area contributed by atoms with Gasteiger partial charge in [0.2, 0.25) is 6.79 Å². The van der Waals surface area contributed by atoms with Crippen molar-refractivity contribution >= 4 is 18.0 Å². The fourth-order valence-corrected chi connectivity index (χ4v) is 2.43. The summed E-state index contributed by atoms with van der Waals surface area (Å²) in [6, 6.07) is 11.1. The van der Waals surface area contributed by atoms with E-state index in [0.29, 0.717) is 17.1 Å². The summed E-state index contributed by atoms with van der Waals surface area (Å²) in [4.78, 5) is 23.9. The van der Waals surface area contributed by atoms with Gasteiger partial charge in [-0.05, 0) is 48.4 Å². The fraction of sp³-hybridized carbons (Fsp3) is 0.200.